The van der Waals surface area contributed by atoms with E-state index < -0.39 is 5.97 Å². The number of benzene rings is 2. The van der Waals surface area contributed by atoms with E-state index in [4.69, 9.17) is 9.15 Å². The average Bonchev–Trinajstić information content (AvgIpc) is 3.03. The van der Waals surface area contributed by atoms with Gasteiger partial charge < -0.3 is 9.15 Å². The highest BCUT2D eigenvalue weighted by molar-refractivity contribution is 9.10. The molecule has 0 spiro atoms. The van der Waals surface area contributed by atoms with E-state index in [1.165, 1.54) is 0 Å². The fourth-order valence-corrected chi connectivity index (χ4v) is 2.35. The zero-order chi connectivity index (χ0) is 16.2. The summed E-state index contributed by atoms with van der Waals surface area (Å²) in [6.45, 7) is -0.0710. The van der Waals surface area contributed by atoms with Crippen molar-refractivity contribution < 1.29 is 13.9 Å². The Morgan fingerprint density at radius 2 is 1.57 bits per heavy atom. The van der Waals surface area contributed by atoms with E-state index in [0.717, 1.165) is 14.5 Å². The minimum atomic E-state index is -0.444. The summed E-state index contributed by atoms with van der Waals surface area (Å²) < 4.78 is 12.5. The monoisotopic (exact) mass is 436 g/mol. The first-order valence-electron chi connectivity index (χ1n) is 6.63. The van der Waals surface area contributed by atoms with Gasteiger partial charge in [-0.15, -0.1) is 10.2 Å². The van der Waals surface area contributed by atoms with Crippen LogP contribution in [0.3, 0.4) is 0 Å². The van der Waals surface area contributed by atoms with Gasteiger partial charge >= 0.3 is 5.97 Å². The maximum absolute atomic E-state index is 11.9. The van der Waals surface area contributed by atoms with Crippen LogP contribution in [0, 0.1) is 0 Å². The largest absolute Gasteiger partial charge is 0.452 e. The summed E-state index contributed by atoms with van der Waals surface area (Å²) in [4.78, 5) is 11.9. The number of ether oxygens (including phenoxy) is 1. The van der Waals surface area contributed by atoms with E-state index in [-0.39, 0.29) is 12.5 Å². The quantitative estimate of drug-likeness (QED) is 0.557. The zero-order valence-electron chi connectivity index (χ0n) is 11.7. The van der Waals surface area contributed by atoms with E-state index >= 15 is 0 Å². The van der Waals surface area contributed by atoms with Crippen molar-refractivity contribution in [3.8, 4) is 11.5 Å². The summed E-state index contributed by atoms with van der Waals surface area (Å²) in [6.07, 6.45) is 0. The Morgan fingerprint density at radius 3 is 2.22 bits per heavy atom. The molecule has 0 amide bonds. The summed E-state index contributed by atoms with van der Waals surface area (Å²) in [6, 6.07) is 14.4. The summed E-state index contributed by atoms with van der Waals surface area (Å²) in [5.41, 5.74) is 1.26. The maximum atomic E-state index is 11.9. The Hall–Kier alpha value is -1.99. The SMILES string of the molecule is O=C(OCc1nnc(-c2ccc(Br)cc2)o1)c1ccc(Br)cc1. The number of carbonyl (C=O) groups excluding carboxylic acids is 1. The lowest BCUT2D eigenvalue weighted by atomic mass is 10.2. The van der Waals surface area contributed by atoms with Gasteiger partial charge in [0.05, 0.1) is 5.56 Å². The first-order chi connectivity index (χ1) is 11.1. The molecule has 0 fully saturated rings. The van der Waals surface area contributed by atoms with E-state index in [1.807, 2.05) is 24.3 Å². The van der Waals surface area contributed by atoms with Gasteiger partial charge in [-0.05, 0) is 48.5 Å². The number of rotatable bonds is 4. The van der Waals surface area contributed by atoms with Crippen molar-refractivity contribution in [1.29, 1.82) is 0 Å². The molecule has 1 aromatic heterocycles. The van der Waals surface area contributed by atoms with E-state index in [2.05, 4.69) is 42.1 Å². The summed E-state index contributed by atoms with van der Waals surface area (Å²) in [5, 5.41) is 7.83. The van der Waals surface area contributed by atoms with Gasteiger partial charge in [0, 0.05) is 14.5 Å². The number of carbonyl (C=O) groups is 1. The van der Waals surface area contributed by atoms with Gasteiger partial charge in [0.2, 0.25) is 5.89 Å². The normalized spacial score (nSPS) is 10.5. The molecule has 0 saturated carbocycles. The molecule has 0 aliphatic heterocycles. The number of hydrogen-bond donors (Lipinski definition) is 0. The third-order valence-corrected chi connectivity index (χ3v) is 4.02. The molecule has 3 rings (SSSR count). The molecular weight excluding hydrogens is 428 g/mol. The molecule has 2 aromatic carbocycles. The predicted octanol–water partition coefficient (Wildman–Crippen LogP) is 4.62. The highest BCUT2D eigenvalue weighted by atomic mass is 79.9. The molecule has 0 aliphatic carbocycles. The van der Waals surface area contributed by atoms with Crippen LogP contribution in [0.4, 0.5) is 0 Å². The van der Waals surface area contributed by atoms with Crippen LogP contribution in [0.1, 0.15) is 16.2 Å². The van der Waals surface area contributed by atoms with Crippen LogP contribution < -0.4 is 0 Å². The molecule has 0 saturated heterocycles. The van der Waals surface area contributed by atoms with Crippen LogP contribution in [-0.2, 0) is 11.3 Å². The summed E-state index contributed by atoms with van der Waals surface area (Å²) in [7, 11) is 0. The van der Waals surface area contributed by atoms with Crippen molar-refractivity contribution in [2.45, 2.75) is 6.61 Å². The van der Waals surface area contributed by atoms with Gasteiger partial charge in [0.15, 0.2) is 6.61 Å². The first kappa shape index (κ1) is 15.9. The molecule has 5 nitrogen and oxygen atoms in total. The lowest BCUT2D eigenvalue weighted by molar-refractivity contribution is 0.0438. The fourth-order valence-electron chi connectivity index (χ4n) is 1.82. The molecule has 0 atom stereocenters. The lowest BCUT2D eigenvalue weighted by Gasteiger charge is -2.02. The van der Waals surface area contributed by atoms with Crippen LogP contribution in [0.2, 0.25) is 0 Å². The number of nitrogens with zero attached hydrogens (tertiary/aromatic N) is 2. The van der Waals surface area contributed by atoms with Gasteiger partial charge in [-0.25, -0.2) is 4.79 Å². The van der Waals surface area contributed by atoms with Gasteiger partial charge in [-0.3, -0.25) is 0 Å². The standard InChI is InChI=1S/C16H10Br2N2O3/c17-12-5-1-10(2-6-12)15-20-19-14(23-15)9-22-16(21)11-3-7-13(18)8-4-11/h1-8H,9H2. The zero-order valence-corrected chi connectivity index (χ0v) is 14.9. The average molecular weight is 438 g/mol. The molecule has 1 heterocycles. The van der Waals surface area contributed by atoms with Gasteiger partial charge in [0.25, 0.3) is 5.89 Å². The minimum absolute atomic E-state index is 0.0710. The number of aromatic nitrogens is 2. The second-order valence-corrected chi connectivity index (χ2v) is 6.42. The Morgan fingerprint density at radius 1 is 0.957 bits per heavy atom. The van der Waals surface area contributed by atoms with Crippen LogP contribution in [0.25, 0.3) is 11.5 Å². The molecule has 3 aromatic rings. The van der Waals surface area contributed by atoms with Crippen LogP contribution in [-0.4, -0.2) is 16.2 Å². The van der Waals surface area contributed by atoms with Crippen molar-refractivity contribution in [3.63, 3.8) is 0 Å². The Kier molecular flexibility index (Phi) is 4.88. The smallest absolute Gasteiger partial charge is 0.338 e. The van der Waals surface area contributed by atoms with E-state index in [1.54, 1.807) is 24.3 Å². The second-order valence-electron chi connectivity index (χ2n) is 4.59. The maximum Gasteiger partial charge on any atom is 0.338 e. The van der Waals surface area contributed by atoms with Crippen molar-refractivity contribution in [2.75, 3.05) is 0 Å². The summed E-state index contributed by atoms with van der Waals surface area (Å²) in [5.74, 6) is 0.182. The second kappa shape index (κ2) is 7.06. The number of halogens is 2. The molecule has 0 aliphatic rings. The highest BCUT2D eigenvalue weighted by Gasteiger charge is 2.12. The lowest BCUT2D eigenvalue weighted by Crippen LogP contribution is -2.05. The molecule has 0 N–H and O–H groups in total. The van der Waals surface area contributed by atoms with E-state index in [0.29, 0.717) is 11.5 Å². The van der Waals surface area contributed by atoms with Crippen LogP contribution in [0.5, 0.6) is 0 Å². The summed E-state index contributed by atoms with van der Waals surface area (Å²) >= 11 is 6.67. The Labute approximate surface area is 148 Å². The van der Waals surface area contributed by atoms with E-state index in [9.17, 15) is 4.79 Å². The third-order valence-electron chi connectivity index (χ3n) is 2.96. The third kappa shape index (κ3) is 4.05. The van der Waals surface area contributed by atoms with Gasteiger partial charge in [-0.2, -0.15) is 0 Å². The van der Waals surface area contributed by atoms with Gasteiger partial charge in [0.1, 0.15) is 0 Å². The van der Waals surface area contributed by atoms with Crippen molar-refractivity contribution >= 4 is 37.8 Å². The predicted molar refractivity (Wildman–Crippen MR) is 90.7 cm³/mol. The fraction of sp³-hybridized carbons (Fsp3) is 0.0625. The molecule has 23 heavy (non-hydrogen) atoms. The molecule has 0 unspecified atom stereocenters. The first-order valence-corrected chi connectivity index (χ1v) is 8.21. The van der Waals surface area contributed by atoms with Crippen LogP contribution >= 0.6 is 31.9 Å². The Bertz CT molecular complexity index is 814. The Balaban J connectivity index is 1.64. The molecule has 0 radical (unpaired) electrons. The van der Waals surface area contributed by atoms with Crippen molar-refractivity contribution in [1.82, 2.24) is 10.2 Å². The molecule has 116 valence electrons. The van der Waals surface area contributed by atoms with Crippen LogP contribution in [0.15, 0.2) is 61.9 Å². The van der Waals surface area contributed by atoms with Crippen molar-refractivity contribution in [2.24, 2.45) is 0 Å². The van der Waals surface area contributed by atoms with Crippen molar-refractivity contribution in [3.05, 3.63) is 68.9 Å². The highest BCUT2D eigenvalue weighted by Crippen LogP contribution is 2.21. The van der Waals surface area contributed by atoms with Gasteiger partial charge in [-0.1, -0.05) is 31.9 Å². The number of esters is 1. The topological polar surface area (TPSA) is 65.2 Å². The number of hydrogen-bond acceptors (Lipinski definition) is 5. The molecule has 0 bridgehead atoms. The molecule has 7 heteroatoms. The molecular formula is C16H10Br2N2O3. The minimum Gasteiger partial charge on any atom is -0.452 e.